The summed E-state index contributed by atoms with van der Waals surface area (Å²) in [6, 6.07) is 0. The maximum Gasteiger partial charge on any atom is 0.261 e. The van der Waals surface area contributed by atoms with Crippen molar-refractivity contribution in [2.75, 3.05) is 18.4 Å². The van der Waals surface area contributed by atoms with Gasteiger partial charge in [0.25, 0.3) is 5.56 Å². The van der Waals surface area contributed by atoms with E-state index in [0.29, 0.717) is 24.4 Å². The first-order valence-corrected chi connectivity index (χ1v) is 5.89. The Kier molecular flexibility index (Phi) is 2.93. The van der Waals surface area contributed by atoms with Crippen LogP contribution >= 0.6 is 11.3 Å². The van der Waals surface area contributed by atoms with Crippen LogP contribution in [0.5, 0.6) is 0 Å². The predicted molar refractivity (Wildman–Crippen MR) is 67.3 cm³/mol. The van der Waals surface area contributed by atoms with Gasteiger partial charge in [-0.25, -0.2) is 4.98 Å². The monoisotopic (exact) mass is 238 g/mol. The van der Waals surface area contributed by atoms with Gasteiger partial charge in [-0.2, -0.15) is 0 Å². The third-order valence-electron chi connectivity index (χ3n) is 2.48. The number of nitrogens with one attached hydrogen (secondary N) is 2. The molecule has 0 aromatic carbocycles. The van der Waals surface area contributed by atoms with Crippen molar-refractivity contribution in [1.82, 2.24) is 9.97 Å². The highest BCUT2D eigenvalue weighted by Gasteiger charge is 2.11. The lowest BCUT2D eigenvalue weighted by molar-refractivity contribution is 0.991. The summed E-state index contributed by atoms with van der Waals surface area (Å²) >= 11 is 1.54. The van der Waals surface area contributed by atoms with Crippen molar-refractivity contribution in [3.63, 3.8) is 0 Å². The van der Waals surface area contributed by atoms with Crippen molar-refractivity contribution in [2.45, 2.75) is 13.8 Å². The molecule has 0 aliphatic carbocycles. The molecule has 0 spiro atoms. The zero-order valence-corrected chi connectivity index (χ0v) is 10.1. The number of rotatable bonds is 3. The van der Waals surface area contributed by atoms with Gasteiger partial charge in [0, 0.05) is 18.0 Å². The molecule has 5 nitrogen and oxygen atoms in total. The van der Waals surface area contributed by atoms with Crippen LogP contribution in [0.3, 0.4) is 0 Å². The van der Waals surface area contributed by atoms with Crippen LogP contribution in [0, 0.1) is 13.8 Å². The number of fused-ring (bicyclic) bond motifs is 1. The number of nitrogens with zero attached hydrogens (tertiary/aromatic N) is 1. The normalized spacial score (nSPS) is 10.9. The molecule has 0 saturated heterocycles. The lowest BCUT2D eigenvalue weighted by Crippen LogP contribution is -2.18. The van der Waals surface area contributed by atoms with E-state index in [1.807, 2.05) is 13.8 Å². The number of anilines is 1. The molecule has 0 saturated carbocycles. The van der Waals surface area contributed by atoms with Crippen molar-refractivity contribution < 1.29 is 0 Å². The lowest BCUT2D eigenvalue weighted by atomic mass is 10.2. The fourth-order valence-electron chi connectivity index (χ4n) is 1.53. The van der Waals surface area contributed by atoms with Gasteiger partial charge in [0.05, 0.1) is 5.39 Å². The second-order valence-corrected chi connectivity index (χ2v) is 4.80. The van der Waals surface area contributed by atoms with E-state index in [0.717, 1.165) is 15.3 Å². The number of aromatic amines is 1. The van der Waals surface area contributed by atoms with E-state index in [1.54, 1.807) is 0 Å². The van der Waals surface area contributed by atoms with Gasteiger partial charge >= 0.3 is 0 Å². The molecule has 0 bridgehead atoms. The smallest absolute Gasteiger partial charge is 0.261 e. The quantitative estimate of drug-likeness (QED) is 0.744. The minimum Gasteiger partial charge on any atom is -0.354 e. The standard InChI is InChI=1S/C10H14N4OS/c1-5-6(2)16-9-7(5)8(15)13-10(14-9)12-4-3-11/h3-4,11H2,1-2H3,(H2,12,13,14,15). The van der Waals surface area contributed by atoms with Gasteiger partial charge in [0.15, 0.2) is 0 Å². The molecule has 16 heavy (non-hydrogen) atoms. The van der Waals surface area contributed by atoms with Gasteiger partial charge < -0.3 is 11.1 Å². The highest BCUT2D eigenvalue weighted by molar-refractivity contribution is 7.18. The first-order valence-electron chi connectivity index (χ1n) is 5.07. The highest BCUT2D eigenvalue weighted by Crippen LogP contribution is 2.26. The van der Waals surface area contributed by atoms with Crippen molar-refractivity contribution in [1.29, 1.82) is 0 Å². The molecular formula is C10H14N4OS. The number of H-pyrrole nitrogens is 1. The third kappa shape index (κ3) is 1.81. The molecule has 0 atom stereocenters. The van der Waals surface area contributed by atoms with Crippen LogP contribution in [-0.2, 0) is 0 Å². The van der Waals surface area contributed by atoms with Gasteiger partial charge in [-0.1, -0.05) is 0 Å². The number of hydrogen-bond donors (Lipinski definition) is 3. The van der Waals surface area contributed by atoms with Crippen LogP contribution < -0.4 is 16.6 Å². The maximum absolute atomic E-state index is 11.8. The number of nitrogens with two attached hydrogens (primary N) is 1. The Bertz CT molecular complexity index is 572. The second-order valence-electron chi connectivity index (χ2n) is 3.59. The largest absolute Gasteiger partial charge is 0.354 e. The van der Waals surface area contributed by atoms with Gasteiger partial charge in [-0.3, -0.25) is 9.78 Å². The third-order valence-corrected chi connectivity index (χ3v) is 3.58. The van der Waals surface area contributed by atoms with E-state index < -0.39 is 0 Å². The van der Waals surface area contributed by atoms with Crippen LogP contribution in [0.15, 0.2) is 4.79 Å². The van der Waals surface area contributed by atoms with Gasteiger partial charge in [0.2, 0.25) is 5.95 Å². The van der Waals surface area contributed by atoms with E-state index in [4.69, 9.17) is 5.73 Å². The summed E-state index contributed by atoms with van der Waals surface area (Å²) in [5, 5.41) is 3.67. The Morgan fingerprint density at radius 3 is 2.94 bits per heavy atom. The molecular weight excluding hydrogens is 224 g/mol. The summed E-state index contributed by atoms with van der Waals surface area (Å²) in [5.74, 6) is 0.490. The van der Waals surface area contributed by atoms with E-state index in [-0.39, 0.29) is 5.56 Å². The number of aryl methyl sites for hydroxylation is 2. The predicted octanol–water partition coefficient (Wildman–Crippen LogP) is 0.972. The summed E-state index contributed by atoms with van der Waals surface area (Å²) in [5.41, 5.74) is 6.30. The Balaban J connectivity index is 2.55. The molecule has 2 aromatic heterocycles. The molecule has 0 radical (unpaired) electrons. The number of aromatic nitrogens is 2. The number of thiophene rings is 1. The van der Waals surface area contributed by atoms with Crippen molar-refractivity contribution >= 4 is 27.5 Å². The first-order chi connectivity index (χ1) is 7.63. The zero-order valence-electron chi connectivity index (χ0n) is 9.26. The summed E-state index contributed by atoms with van der Waals surface area (Å²) < 4.78 is 0. The molecule has 2 aromatic rings. The summed E-state index contributed by atoms with van der Waals surface area (Å²) in [4.78, 5) is 20.8. The van der Waals surface area contributed by atoms with Crippen LogP contribution in [0.25, 0.3) is 10.2 Å². The second kappa shape index (κ2) is 4.23. The van der Waals surface area contributed by atoms with E-state index in [9.17, 15) is 4.79 Å². The average molecular weight is 238 g/mol. The van der Waals surface area contributed by atoms with Crippen LogP contribution in [0.4, 0.5) is 5.95 Å². The van der Waals surface area contributed by atoms with Crippen molar-refractivity contribution in [3.05, 3.63) is 20.8 Å². The molecule has 6 heteroatoms. The van der Waals surface area contributed by atoms with E-state index in [1.165, 1.54) is 11.3 Å². The topological polar surface area (TPSA) is 83.8 Å². The average Bonchev–Trinajstić information content (AvgIpc) is 2.52. The molecule has 2 rings (SSSR count). The minimum absolute atomic E-state index is 0.0913. The van der Waals surface area contributed by atoms with Crippen LogP contribution in [0.2, 0.25) is 0 Å². The summed E-state index contributed by atoms with van der Waals surface area (Å²) in [6.07, 6.45) is 0. The fraction of sp³-hybridized carbons (Fsp3) is 0.400. The highest BCUT2D eigenvalue weighted by atomic mass is 32.1. The summed E-state index contributed by atoms with van der Waals surface area (Å²) in [7, 11) is 0. The Labute approximate surface area is 96.7 Å². The molecule has 86 valence electrons. The van der Waals surface area contributed by atoms with Gasteiger partial charge in [-0.15, -0.1) is 11.3 Å². The molecule has 4 N–H and O–H groups in total. The Morgan fingerprint density at radius 2 is 2.25 bits per heavy atom. The maximum atomic E-state index is 11.8. The SMILES string of the molecule is Cc1sc2nc(NCCN)[nH]c(=O)c2c1C. The van der Waals surface area contributed by atoms with Crippen LogP contribution in [0.1, 0.15) is 10.4 Å². The lowest BCUT2D eigenvalue weighted by Gasteiger charge is -2.02. The molecule has 0 fully saturated rings. The molecule has 0 unspecified atom stereocenters. The number of hydrogen-bond acceptors (Lipinski definition) is 5. The van der Waals surface area contributed by atoms with Crippen molar-refractivity contribution in [3.8, 4) is 0 Å². The molecule has 2 heterocycles. The first kappa shape index (κ1) is 11.1. The Morgan fingerprint density at radius 1 is 1.50 bits per heavy atom. The van der Waals surface area contributed by atoms with Crippen molar-refractivity contribution in [2.24, 2.45) is 5.73 Å². The Hall–Kier alpha value is -1.40. The fourth-order valence-corrected chi connectivity index (χ4v) is 2.56. The zero-order chi connectivity index (χ0) is 11.7. The van der Waals surface area contributed by atoms with Crippen LogP contribution in [-0.4, -0.2) is 23.1 Å². The van der Waals surface area contributed by atoms with E-state index in [2.05, 4.69) is 15.3 Å². The van der Waals surface area contributed by atoms with Gasteiger partial charge in [0.1, 0.15) is 4.83 Å². The molecule has 0 aliphatic rings. The minimum atomic E-state index is -0.0913. The van der Waals surface area contributed by atoms with Gasteiger partial charge in [-0.05, 0) is 19.4 Å². The molecule has 0 amide bonds. The van der Waals surface area contributed by atoms with E-state index >= 15 is 0 Å². The summed E-state index contributed by atoms with van der Waals surface area (Å²) in [6.45, 7) is 5.04. The molecule has 0 aliphatic heterocycles.